The van der Waals surface area contributed by atoms with E-state index in [-0.39, 0.29) is 6.42 Å². The molecule has 0 aliphatic heterocycles. The van der Waals surface area contributed by atoms with Crippen molar-refractivity contribution in [3.8, 4) is 0 Å². The number of likely N-dealkylation sites (N-methyl/N-ethyl adjacent to an activating group) is 1. The predicted molar refractivity (Wildman–Crippen MR) is 53.8 cm³/mol. The van der Waals surface area contributed by atoms with Crippen LogP contribution in [0.1, 0.15) is 26.7 Å². The van der Waals surface area contributed by atoms with Crippen molar-refractivity contribution < 1.29 is 9.90 Å². The average molecular weight is 185 g/mol. The summed E-state index contributed by atoms with van der Waals surface area (Å²) in [5.41, 5.74) is 1.16. The highest BCUT2D eigenvalue weighted by atomic mass is 16.4. The van der Waals surface area contributed by atoms with Crippen LogP contribution in [0.4, 0.5) is 0 Å². The van der Waals surface area contributed by atoms with E-state index >= 15 is 0 Å². The van der Waals surface area contributed by atoms with E-state index in [0.29, 0.717) is 6.54 Å². The van der Waals surface area contributed by atoms with Crippen molar-refractivity contribution in [1.29, 1.82) is 0 Å². The molecule has 3 nitrogen and oxygen atoms in total. The Morgan fingerprint density at radius 1 is 1.46 bits per heavy atom. The third-order valence-corrected chi connectivity index (χ3v) is 2.04. The molecule has 0 bridgehead atoms. The van der Waals surface area contributed by atoms with E-state index in [1.54, 1.807) is 0 Å². The molecule has 0 radical (unpaired) electrons. The second kappa shape index (κ2) is 6.66. The van der Waals surface area contributed by atoms with Gasteiger partial charge in [0.2, 0.25) is 0 Å². The van der Waals surface area contributed by atoms with Crippen molar-refractivity contribution in [2.75, 3.05) is 19.6 Å². The van der Waals surface area contributed by atoms with Gasteiger partial charge in [-0.25, -0.2) is 0 Å². The fourth-order valence-corrected chi connectivity index (χ4v) is 1.03. The molecular formula is C10H19NO2. The molecule has 1 N–H and O–H groups in total. The third kappa shape index (κ3) is 6.34. The van der Waals surface area contributed by atoms with Gasteiger partial charge in [-0.2, -0.15) is 0 Å². The number of rotatable bonds is 7. The largest absolute Gasteiger partial charge is 0.481 e. The maximum Gasteiger partial charge on any atom is 0.304 e. The Morgan fingerprint density at radius 3 is 2.46 bits per heavy atom. The minimum atomic E-state index is -0.736. The maximum absolute atomic E-state index is 10.3. The molecule has 0 unspecified atom stereocenters. The minimum absolute atomic E-state index is 0.213. The summed E-state index contributed by atoms with van der Waals surface area (Å²) >= 11 is 0. The minimum Gasteiger partial charge on any atom is -0.481 e. The normalized spacial score (nSPS) is 10.4. The monoisotopic (exact) mass is 185 g/mol. The van der Waals surface area contributed by atoms with Gasteiger partial charge in [-0.15, -0.1) is 0 Å². The second-order valence-corrected chi connectivity index (χ2v) is 3.12. The summed E-state index contributed by atoms with van der Waals surface area (Å²) in [6.07, 6.45) is 1.18. The predicted octanol–water partition coefficient (Wildman–Crippen LogP) is 1.75. The lowest BCUT2D eigenvalue weighted by atomic mass is 10.2. The molecule has 0 amide bonds. The van der Waals surface area contributed by atoms with Crippen LogP contribution in [0, 0.1) is 0 Å². The van der Waals surface area contributed by atoms with Crippen LogP contribution in [0.3, 0.4) is 0 Å². The lowest BCUT2D eigenvalue weighted by molar-refractivity contribution is -0.137. The summed E-state index contributed by atoms with van der Waals surface area (Å²) in [4.78, 5) is 12.4. The van der Waals surface area contributed by atoms with Crippen LogP contribution in [0.15, 0.2) is 12.2 Å². The lowest BCUT2D eigenvalue weighted by Gasteiger charge is -2.19. The molecular weight excluding hydrogens is 166 g/mol. The SMILES string of the molecule is C=C(CC)CN(CC)CCC(=O)O. The summed E-state index contributed by atoms with van der Waals surface area (Å²) < 4.78 is 0. The number of hydrogen-bond donors (Lipinski definition) is 1. The van der Waals surface area contributed by atoms with Gasteiger partial charge >= 0.3 is 5.97 Å². The summed E-state index contributed by atoms with van der Waals surface area (Å²) in [6.45, 7) is 10.3. The number of carboxylic acids is 1. The number of carboxylic acid groups (broad SMARTS) is 1. The smallest absolute Gasteiger partial charge is 0.304 e. The molecule has 76 valence electrons. The van der Waals surface area contributed by atoms with E-state index in [1.807, 2.05) is 6.92 Å². The fraction of sp³-hybridized carbons (Fsp3) is 0.700. The van der Waals surface area contributed by atoms with Crippen LogP contribution in [0.5, 0.6) is 0 Å². The Balaban J connectivity index is 3.75. The first kappa shape index (κ1) is 12.2. The second-order valence-electron chi connectivity index (χ2n) is 3.12. The van der Waals surface area contributed by atoms with E-state index in [2.05, 4.69) is 18.4 Å². The highest BCUT2D eigenvalue weighted by Crippen LogP contribution is 2.01. The van der Waals surface area contributed by atoms with Crippen LogP contribution < -0.4 is 0 Å². The van der Waals surface area contributed by atoms with Gasteiger partial charge in [0.15, 0.2) is 0 Å². The first-order valence-corrected chi connectivity index (χ1v) is 4.70. The van der Waals surface area contributed by atoms with Gasteiger partial charge in [-0.05, 0) is 13.0 Å². The molecule has 0 atom stereocenters. The van der Waals surface area contributed by atoms with Gasteiger partial charge in [0, 0.05) is 13.1 Å². The molecule has 0 aromatic carbocycles. The summed E-state index contributed by atoms with van der Waals surface area (Å²) in [6, 6.07) is 0. The third-order valence-electron chi connectivity index (χ3n) is 2.04. The molecule has 0 saturated heterocycles. The zero-order chi connectivity index (χ0) is 10.3. The quantitative estimate of drug-likeness (QED) is 0.614. The van der Waals surface area contributed by atoms with E-state index in [4.69, 9.17) is 5.11 Å². The molecule has 0 aromatic rings. The number of hydrogen-bond acceptors (Lipinski definition) is 2. The van der Waals surface area contributed by atoms with Crippen molar-refractivity contribution in [1.82, 2.24) is 4.90 Å². The van der Waals surface area contributed by atoms with E-state index < -0.39 is 5.97 Å². The van der Waals surface area contributed by atoms with Crippen molar-refractivity contribution in [2.24, 2.45) is 0 Å². The van der Waals surface area contributed by atoms with Crippen LogP contribution >= 0.6 is 0 Å². The van der Waals surface area contributed by atoms with Crippen LogP contribution in [-0.2, 0) is 4.79 Å². The molecule has 0 rings (SSSR count). The number of nitrogens with zero attached hydrogens (tertiary/aromatic N) is 1. The van der Waals surface area contributed by atoms with Crippen molar-refractivity contribution in [3.63, 3.8) is 0 Å². The highest BCUT2D eigenvalue weighted by Gasteiger charge is 2.05. The maximum atomic E-state index is 10.3. The Morgan fingerprint density at radius 2 is 2.08 bits per heavy atom. The molecule has 0 spiro atoms. The molecule has 13 heavy (non-hydrogen) atoms. The topological polar surface area (TPSA) is 40.5 Å². The summed E-state index contributed by atoms with van der Waals surface area (Å²) in [5.74, 6) is -0.736. The highest BCUT2D eigenvalue weighted by molar-refractivity contribution is 5.66. The zero-order valence-electron chi connectivity index (χ0n) is 8.55. The zero-order valence-corrected chi connectivity index (χ0v) is 8.55. The Kier molecular flexibility index (Phi) is 6.24. The van der Waals surface area contributed by atoms with Crippen molar-refractivity contribution in [2.45, 2.75) is 26.7 Å². The molecule has 0 aliphatic rings. The van der Waals surface area contributed by atoms with Crippen molar-refractivity contribution in [3.05, 3.63) is 12.2 Å². The number of carbonyl (C=O) groups is 1. The number of aliphatic carboxylic acids is 1. The van der Waals surface area contributed by atoms with Gasteiger partial charge in [-0.3, -0.25) is 9.69 Å². The van der Waals surface area contributed by atoms with Crippen LogP contribution in [0.2, 0.25) is 0 Å². The van der Waals surface area contributed by atoms with Gasteiger partial charge in [0.1, 0.15) is 0 Å². The summed E-state index contributed by atoms with van der Waals surface area (Å²) in [7, 11) is 0. The molecule has 0 aromatic heterocycles. The van der Waals surface area contributed by atoms with Crippen LogP contribution in [0.25, 0.3) is 0 Å². The first-order valence-electron chi connectivity index (χ1n) is 4.70. The summed E-state index contributed by atoms with van der Waals surface area (Å²) in [5, 5.41) is 8.50. The fourth-order valence-electron chi connectivity index (χ4n) is 1.03. The Hall–Kier alpha value is -0.830. The molecule has 0 fully saturated rings. The Labute approximate surface area is 80.0 Å². The molecule has 0 heterocycles. The molecule has 0 aliphatic carbocycles. The van der Waals surface area contributed by atoms with Gasteiger partial charge in [0.25, 0.3) is 0 Å². The van der Waals surface area contributed by atoms with E-state index in [1.165, 1.54) is 0 Å². The van der Waals surface area contributed by atoms with E-state index in [0.717, 1.165) is 25.1 Å². The van der Waals surface area contributed by atoms with Gasteiger partial charge in [0.05, 0.1) is 6.42 Å². The van der Waals surface area contributed by atoms with Gasteiger partial charge < -0.3 is 5.11 Å². The lowest BCUT2D eigenvalue weighted by Crippen LogP contribution is -2.28. The first-order chi connectivity index (χ1) is 6.10. The standard InChI is InChI=1S/C10H19NO2/c1-4-9(3)8-11(5-2)7-6-10(12)13/h3-8H2,1-2H3,(H,12,13). The van der Waals surface area contributed by atoms with E-state index in [9.17, 15) is 4.79 Å². The molecule has 3 heteroatoms. The molecule has 0 saturated carbocycles. The van der Waals surface area contributed by atoms with Crippen LogP contribution in [-0.4, -0.2) is 35.6 Å². The van der Waals surface area contributed by atoms with Crippen molar-refractivity contribution >= 4 is 5.97 Å². The van der Waals surface area contributed by atoms with Gasteiger partial charge in [-0.1, -0.05) is 26.0 Å². The Bertz CT molecular complexity index is 178. The average Bonchev–Trinajstić information content (AvgIpc) is 2.11.